The van der Waals surface area contributed by atoms with Gasteiger partial charge in [0.1, 0.15) is 17.5 Å². The van der Waals surface area contributed by atoms with Gasteiger partial charge in [0.05, 0.1) is 5.69 Å². The molecule has 1 atom stereocenters. The lowest BCUT2D eigenvalue weighted by Crippen LogP contribution is -2.17. The van der Waals surface area contributed by atoms with Crippen LogP contribution in [0.5, 0.6) is 0 Å². The number of hydrogen-bond donors (Lipinski definition) is 1. The van der Waals surface area contributed by atoms with Crippen LogP contribution in [0.1, 0.15) is 24.6 Å². The Morgan fingerprint density at radius 2 is 2.40 bits per heavy atom. The Hall–Kier alpha value is -1.76. The summed E-state index contributed by atoms with van der Waals surface area (Å²) in [5.41, 5.74) is 1.38. The average molecular weight is 204 g/mol. The van der Waals surface area contributed by atoms with E-state index in [1.165, 1.54) is 0 Å². The highest BCUT2D eigenvalue weighted by atomic mass is 15.3. The molecule has 0 aromatic carbocycles. The van der Waals surface area contributed by atoms with Crippen molar-refractivity contribution < 1.29 is 0 Å². The third kappa shape index (κ3) is 2.38. The summed E-state index contributed by atoms with van der Waals surface area (Å²) in [6.07, 6.45) is 2.71. The van der Waals surface area contributed by atoms with E-state index >= 15 is 0 Å². The van der Waals surface area contributed by atoms with Crippen LogP contribution in [0.3, 0.4) is 0 Å². The zero-order chi connectivity index (χ0) is 11.4. The Balaban J connectivity index is 2.94. The van der Waals surface area contributed by atoms with E-state index in [1.807, 2.05) is 27.0 Å². The number of anilines is 1. The van der Waals surface area contributed by atoms with E-state index in [2.05, 4.69) is 23.1 Å². The fourth-order valence-corrected chi connectivity index (χ4v) is 1.50. The summed E-state index contributed by atoms with van der Waals surface area (Å²) >= 11 is 0. The monoisotopic (exact) mass is 204 g/mol. The van der Waals surface area contributed by atoms with Crippen molar-refractivity contribution in [2.24, 2.45) is 7.05 Å². The normalized spacial score (nSPS) is 11.9. The molecular formula is C11H16N4. The van der Waals surface area contributed by atoms with Crippen molar-refractivity contribution in [3.8, 4) is 6.07 Å². The van der Waals surface area contributed by atoms with Crippen LogP contribution in [0.4, 0.5) is 5.82 Å². The molecule has 0 saturated carbocycles. The van der Waals surface area contributed by atoms with Crippen molar-refractivity contribution in [2.45, 2.75) is 26.3 Å². The van der Waals surface area contributed by atoms with Gasteiger partial charge in [0.2, 0.25) is 0 Å². The Labute approximate surface area is 90.2 Å². The molecular weight excluding hydrogens is 188 g/mol. The molecule has 0 saturated heterocycles. The van der Waals surface area contributed by atoms with Gasteiger partial charge in [-0.1, -0.05) is 6.08 Å². The summed E-state index contributed by atoms with van der Waals surface area (Å²) in [5, 5.41) is 16.5. The molecule has 1 unspecified atom stereocenters. The molecule has 0 bridgehead atoms. The van der Waals surface area contributed by atoms with Crippen LogP contribution in [-0.2, 0) is 7.05 Å². The second-order valence-corrected chi connectivity index (χ2v) is 3.61. The van der Waals surface area contributed by atoms with Crippen LogP contribution in [0.15, 0.2) is 12.7 Å². The summed E-state index contributed by atoms with van der Waals surface area (Å²) in [6, 6.07) is 2.41. The molecule has 0 aliphatic rings. The van der Waals surface area contributed by atoms with E-state index in [9.17, 15) is 0 Å². The molecule has 1 aromatic rings. The van der Waals surface area contributed by atoms with Crippen molar-refractivity contribution in [1.82, 2.24) is 9.78 Å². The number of hydrogen-bond acceptors (Lipinski definition) is 3. The van der Waals surface area contributed by atoms with Crippen molar-refractivity contribution in [2.75, 3.05) is 5.32 Å². The van der Waals surface area contributed by atoms with Crippen LogP contribution in [0.25, 0.3) is 0 Å². The first-order chi connectivity index (χ1) is 7.10. The molecule has 1 aromatic heterocycles. The predicted octanol–water partition coefficient (Wildman–Crippen LogP) is 1.98. The quantitative estimate of drug-likeness (QED) is 0.763. The van der Waals surface area contributed by atoms with Gasteiger partial charge in [0.15, 0.2) is 0 Å². The fourth-order valence-electron chi connectivity index (χ4n) is 1.50. The summed E-state index contributed by atoms with van der Waals surface area (Å²) in [5.74, 6) is 0.782. The molecule has 4 nitrogen and oxygen atoms in total. The SMILES string of the molecule is C=CCC(C)Nc1c(C#N)c(C)nn1C. The Bertz CT molecular complexity index is 397. The standard InChI is InChI=1S/C11H16N4/c1-5-6-8(2)13-11-10(7-12)9(3)14-15(11)4/h5,8,13H,1,6H2,2-4H3. The number of nitriles is 1. The number of rotatable bonds is 4. The first-order valence-corrected chi connectivity index (χ1v) is 4.91. The van der Waals surface area contributed by atoms with Gasteiger partial charge in [-0.05, 0) is 20.3 Å². The first-order valence-electron chi connectivity index (χ1n) is 4.91. The first kappa shape index (κ1) is 11.3. The number of aromatic nitrogens is 2. The maximum atomic E-state index is 8.99. The largest absolute Gasteiger partial charge is 0.366 e. The molecule has 1 heterocycles. The summed E-state index contributed by atoms with van der Waals surface area (Å²) in [4.78, 5) is 0. The van der Waals surface area contributed by atoms with E-state index < -0.39 is 0 Å². The molecule has 0 aliphatic heterocycles. The minimum Gasteiger partial charge on any atom is -0.366 e. The van der Waals surface area contributed by atoms with Gasteiger partial charge in [-0.3, -0.25) is 4.68 Å². The molecule has 0 spiro atoms. The second-order valence-electron chi connectivity index (χ2n) is 3.61. The second kappa shape index (κ2) is 4.65. The highest BCUT2D eigenvalue weighted by Gasteiger charge is 2.13. The lowest BCUT2D eigenvalue weighted by molar-refractivity contribution is 0.730. The van der Waals surface area contributed by atoms with Gasteiger partial charge < -0.3 is 5.32 Å². The molecule has 1 N–H and O–H groups in total. The Kier molecular flexibility index (Phi) is 3.51. The van der Waals surface area contributed by atoms with Crippen molar-refractivity contribution in [3.05, 3.63) is 23.9 Å². The van der Waals surface area contributed by atoms with E-state index in [1.54, 1.807) is 4.68 Å². The lowest BCUT2D eigenvalue weighted by Gasteiger charge is -2.13. The fraction of sp³-hybridized carbons (Fsp3) is 0.455. The Morgan fingerprint density at radius 3 is 2.93 bits per heavy atom. The molecule has 0 amide bonds. The molecule has 0 aliphatic carbocycles. The van der Waals surface area contributed by atoms with Gasteiger partial charge in [0, 0.05) is 13.1 Å². The van der Waals surface area contributed by atoms with Crippen molar-refractivity contribution >= 4 is 5.82 Å². The molecule has 4 heteroatoms. The molecule has 0 radical (unpaired) electrons. The van der Waals surface area contributed by atoms with E-state index in [-0.39, 0.29) is 6.04 Å². The third-order valence-electron chi connectivity index (χ3n) is 2.24. The average Bonchev–Trinajstić information content (AvgIpc) is 2.42. The minimum atomic E-state index is 0.254. The maximum Gasteiger partial charge on any atom is 0.142 e. The summed E-state index contributed by atoms with van der Waals surface area (Å²) < 4.78 is 1.70. The van der Waals surface area contributed by atoms with Crippen LogP contribution in [0.2, 0.25) is 0 Å². The van der Waals surface area contributed by atoms with Crippen LogP contribution in [0, 0.1) is 18.3 Å². The lowest BCUT2D eigenvalue weighted by atomic mass is 10.2. The molecule has 1 rings (SSSR count). The zero-order valence-electron chi connectivity index (χ0n) is 9.41. The van der Waals surface area contributed by atoms with Gasteiger partial charge in [-0.25, -0.2) is 0 Å². The smallest absolute Gasteiger partial charge is 0.142 e. The molecule has 0 fully saturated rings. The Morgan fingerprint density at radius 1 is 1.73 bits per heavy atom. The zero-order valence-corrected chi connectivity index (χ0v) is 9.41. The van der Waals surface area contributed by atoms with Crippen LogP contribution >= 0.6 is 0 Å². The van der Waals surface area contributed by atoms with Crippen molar-refractivity contribution in [1.29, 1.82) is 5.26 Å². The van der Waals surface area contributed by atoms with Gasteiger partial charge >= 0.3 is 0 Å². The van der Waals surface area contributed by atoms with Crippen LogP contribution in [-0.4, -0.2) is 15.8 Å². The molecule has 15 heavy (non-hydrogen) atoms. The summed E-state index contributed by atoms with van der Waals surface area (Å²) in [7, 11) is 1.83. The number of nitrogens with zero attached hydrogens (tertiary/aromatic N) is 3. The minimum absolute atomic E-state index is 0.254. The van der Waals surface area contributed by atoms with Crippen molar-refractivity contribution in [3.63, 3.8) is 0 Å². The van der Waals surface area contributed by atoms with Gasteiger partial charge in [0.25, 0.3) is 0 Å². The topological polar surface area (TPSA) is 53.6 Å². The van der Waals surface area contributed by atoms with Crippen LogP contribution < -0.4 is 5.32 Å². The summed E-state index contributed by atoms with van der Waals surface area (Å²) in [6.45, 7) is 7.57. The maximum absolute atomic E-state index is 8.99. The highest BCUT2D eigenvalue weighted by Crippen LogP contribution is 2.18. The number of aryl methyl sites for hydroxylation is 2. The highest BCUT2D eigenvalue weighted by molar-refractivity contribution is 5.55. The predicted molar refractivity (Wildman–Crippen MR) is 60.6 cm³/mol. The molecule has 80 valence electrons. The van der Waals surface area contributed by atoms with E-state index in [0.29, 0.717) is 5.56 Å². The van der Waals surface area contributed by atoms with Gasteiger partial charge in [-0.2, -0.15) is 10.4 Å². The number of nitrogens with one attached hydrogen (secondary N) is 1. The third-order valence-corrected chi connectivity index (χ3v) is 2.24. The van der Waals surface area contributed by atoms with Gasteiger partial charge in [-0.15, -0.1) is 6.58 Å². The van der Waals surface area contributed by atoms with E-state index in [0.717, 1.165) is 17.9 Å². The van der Waals surface area contributed by atoms with E-state index in [4.69, 9.17) is 5.26 Å².